The van der Waals surface area contributed by atoms with Crippen LogP contribution in [-0.2, 0) is 15.6 Å². The fourth-order valence-corrected chi connectivity index (χ4v) is 3.08. The van der Waals surface area contributed by atoms with Crippen molar-refractivity contribution < 1.29 is 19.7 Å². The molecule has 0 atom stereocenters. The van der Waals surface area contributed by atoms with Crippen LogP contribution in [0.5, 0.6) is 11.5 Å². The molecule has 0 aromatic heterocycles. The molecule has 0 saturated carbocycles. The maximum Gasteiger partial charge on any atom is 0.328 e. The summed E-state index contributed by atoms with van der Waals surface area (Å²) in [6.45, 7) is 12.8. The van der Waals surface area contributed by atoms with Crippen LogP contribution in [0, 0.1) is 0 Å². The quantitative estimate of drug-likeness (QED) is 0.660. The minimum absolute atomic E-state index is 0.0859. The maximum atomic E-state index is 10.8. The smallest absolute Gasteiger partial charge is 0.328 e. The summed E-state index contributed by atoms with van der Waals surface area (Å²) in [5.74, 6) is -0.177. The van der Waals surface area contributed by atoms with Crippen LogP contribution in [0.25, 0.3) is 17.2 Å². The average Bonchev–Trinajstić information content (AvgIpc) is 2.58. The van der Waals surface area contributed by atoms with Crippen molar-refractivity contribution in [1.29, 1.82) is 0 Å². The van der Waals surface area contributed by atoms with Crippen molar-refractivity contribution in [1.82, 2.24) is 0 Å². The highest BCUT2D eigenvalue weighted by Crippen LogP contribution is 2.45. The molecule has 2 rings (SSSR count). The van der Waals surface area contributed by atoms with Crippen LogP contribution in [0.15, 0.2) is 36.4 Å². The number of ether oxygens (including phenoxy) is 1. The first-order chi connectivity index (χ1) is 12.8. The van der Waals surface area contributed by atoms with E-state index in [0.717, 1.165) is 28.5 Å². The molecule has 2 aromatic rings. The Morgan fingerprint density at radius 3 is 2.11 bits per heavy atom. The summed E-state index contributed by atoms with van der Waals surface area (Å²) < 4.78 is 5.79. The van der Waals surface area contributed by atoms with E-state index >= 15 is 0 Å². The van der Waals surface area contributed by atoms with Crippen molar-refractivity contribution in [3.05, 3.63) is 53.1 Å². The molecule has 0 aliphatic heterocycles. The summed E-state index contributed by atoms with van der Waals surface area (Å²) in [7, 11) is 1.63. The van der Waals surface area contributed by atoms with E-state index in [1.165, 1.54) is 6.08 Å². The molecule has 0 aliphatic rings. The summed E-state index contributed by atoms with van der Waals surface area (Å²) in [5.41, 5.74) is 4.05. The molecule has 0 heterocycles. The second-order valence-corrected chi connectivity index (χ2v) is 9.05. The summed E-state index contributed by atoms with van der Waals surface area (Å²) in [5, 5.41) is 19.5. The van der Waals surface area contributed by atoms with Gasteiger partial charge in [0.1, 0.15) is 11.5 Å². The van der Waals surface area contributed by atoms with Crippen molar-refractivity contribution in [2.45, 2.75) is 52.4 Å². The topological polar surface area (TPSA) is 66.8 Å². The van der Waals surface area contributed by atoms with Gasteiger partial charge >= 0.3 is 5.97 Å². The zero-order valence-corrected chi connectivity index (χ0v) is 17.8. The lowest BCUT2D eigenvalue weighted by atomic mass is 9.78. The van der Waals surface area contributed by atoms with Gasteiger partial charge in [0.15, 0.2) is 0 Å². The summed E-state index contributed by atoms with van der Waals surface area (Å²) >= 11 is 0. The highest BCUT2D eigenvalue weighted by atomic mass is 16.5. The highest BCUT2D eigenvalue weighted by molar-refractivity contribution is 5.86. The van der Waals surface area contributed by atoms with E-state index in [9.17, 15) is 9.90 Å². The molecule has 150 valence electrons. The van der Waals surface area contributed by atoms with Crippen LogP contribution in [0.1, 0.15) is 58.2 Å². The standard InChI is InChI=1S/C24H30O4/c1-23(2,3)16-13-18(22(28-7)19(14-16)24(4,5)6)17-12-15(8-10-20(17)25)9-11-21(26)27/h8-14,25H,1-7H3,(H,26,27). The van der Waals surface area contributed by atoms with E-state index in [-0.39, 0.29) is 16.6 Å². The summed E-state index contributed by atoms with van der Waals surface area (Å²) in [6, 6.07) is 9.27. The van der Waals surface area contributed by atoms with Gasteiger partial charge in [0.2, 0.25) is 0 Å². The normalized spacial score (nSPS) is 12.4. The molecule has 4 nitrogen and oxygen atoms in total. The Balaban J connectivity index is 2.84. The van der Waals surface area contributed by atoms with Gasteiger partial charge < -0.3 is 14.9 Å². The first-order valence-electron chi connectivity index (χ1n) is 9.32. The van der Waals surface area contributed by atoms with Crippen molar-refractivity contribution in [2.24, 2.45) is 0 Å². The number of aliphatic carboxylic acids is 1. The molecule has 0 unspecified atom stereocenters. The largest absolute Gasteiger partial charge is 0.507 e. The molecule has 2 aromatic carbocycles. The fraction of sp³-hybridized carbons (Fsp3) is 0.375. The number of benzene rings is 2. The number of phenols is 1. The SMILES string of the molecule is COc1c(-c2cc(C=CC(=O)O)ccc2O)cc(C(C)(C)C)cc1C(C)(C)C. The number of carbonyl (C=O) groups is 1. The number of carboxylic acids is 1. The Labute approximate surface area is 167 Å². The zero-order valence-electron chi connectivity index (χ0n) is 17.8. The third-order valence-electron chi connectivity index (χ3n) is 4.70. The van der Waals surface area contributed by atoms with E-state index in [4.69, 9.17) is 9.84 Å². The third-order valence-corrected chi connectivity index (χ3v) is 4.70. The van der Waals surface area contributed by atoms with Crippen molar-refractivity contribution >= 4 is 12.0 Å². The van der Waals surface area contributed by atoms with E-state index in [1.807, 2.05) is 6.07 Å². The van der Waals surface area contributed by atoms with E-state index in [0.29, 0.717) is 11.1 Å². The number of carboxylic acid groups (broad SMARTS) is 1. The third kappa shape index (κ3) is 4.75. The number of rotatable bonds is 4. The second-order valence-electron chi connectivity index (χ2n) is 9.05. The Kier molecular flexibility index (Phi) is 5.93. The highest BCUT2D eigenvalue weighted by Gasteiger charge is 2.27. The van der Waals surface area contributed by atoms with Crippen molar-refractivity contribution in [3.63, 3.8) is 0 Å². The molecule has 0 radical (unpaired) electrons. The van der Waals surface area contributed by atoms with Crippen molar-refractivity contribution in [2.75, 3.05) is 7.11 Å². The molecular formula is C24H30O4. The fourth-order valence-electron chi connectivity index (χ4n) is 3.08. The second kappa shape index (κ2) is 7.70. The minimum atomic E-state index is -1.02. The Hall–Kier alpha value is -2.75. The number of phenolic OH excluding ortho intramolecular Hbond substituents is 1. The molecule has 0 spiro atoms. The Bertz CT molecular complexity index is 909. The lowest BCUT2D eigenvalue weighted by Gasteiger charge is -2.29. The van der Waals surface area contributed by atoms with E-state index in [1.54, 1.807) is 25.3 Å². The zero-order chi connectivity index (χ0) is 21.3. The van der Waals surface area contributed by atoms with Gasteiger partial charge in [-0.3, -0.25) is 0 Å². The molecule has 28 heavy (non-hydrogen) atoms. The van der Waals surface area contributed by atoms with Gasteiger partial charge in [-0.2, -0.15) is 0 Å². The first-order valence-corrected chi connectivity index (χ1v) is 9.32. The molecule has 0 bridgehead atoms. The molecule has 2 N–H and O–H groups in total. The minimum Gasteiger partial charge on any atom is -0.507 e. The predicted octanol–water partition coefficient (Wildman–Crippen LogP) is 5.76. The van der Waals surface area contributed by atoms with Crippen LogP contribution >= 0.6 is 0 Å². The van der Waals surface area contributed by atoms with Gasteiger partial charge in [-0.25, -0.2) is 4.79 Å². The van der Waals surface area contributed by atoms with Crippen molar-refractivity contribution in [3.8, 4) is 22.6 Å². The molecule has 0 saturated heterocycles. The van der Waals surface area contributed by atoms with Gasteiger partial charge in [-0.15, -0.1) is 0 Å². The van der Waals surface area contributed by atoms with Gasteiger partial charge in [0.25, 0.3) is 0 Å². The molecule has 0 amide bonds. The maximum absolute atomic E-state index is 10.8. The monoisotopic (exact) mass is 382 g/mol. The molecule has 0 fully saturated rings. The molecular weight excluding hydrogens is 352 g/mol. The lowest BCUT2D eigenvalue weighted by molar-refractivity contribution is -0.131. The summed E-state index contributed by atoms with van der Waals surface area (Å²) in [4.78, 5) is 10.8. The predicted molar refractivity (Wildman–Crippen MR) is 114 cm³/mol. The van der Waals surface area contributed by atoms with Gasteiger partial charge in [-0.1, -0.05) is 53.7 Å². The van der Waals surface area contributed by atoms with E-state index in [2.05, 4.69) is 47.6 Å². The molecule has 0 aliphatic carbocycles. The van der Waals surface area contributed by atoms with Gasteiger partial charge in [0, 0.05) is 22.8 Å². The number of hydrogen-bond acceptors (Lipinski definition) is 3. The number of hydrogen-bond donors (Lipinski definition) is 2. The van der Waals surface area contributed by atoms with Crippen LogP contribution in [0.2, 0.25) is 0 Å². The first kappa shape index (κ1) is 21.5. The number of aromatic hydroxyl groups is 1. The van der Waals surface area contributed by atoms with Crippen LogP contribution < -0.4 is 4.74 Å². The van der Waals surface area contributed by atoms with Crippen LogP contribution in [-0.4, -0.2) is 23.3 Å². The number of methoxy groups -OCH3 is 1. The van der Waals surface area contributed by atoms with Gasteiger partial charge in [-0.05, 0) is 46.2 Å². The Morgan fingerprint density at radius 1 is 0.964 bits per heavy atom. The van der Waals surface area contributed by atoms with Crippen LogP contribution in [0.3, 0.4) is 0 Å². The van der Waals surface area contributed by atoms with Crippen LogP contribution in [0.4, 0.5) is 0 Å². The van der Waals surface area contributed by atoms with E-state index < -0.39 is 5.97 Å². The summed E-state index contributed by atoms with van der Waals surface area (Å²) in [6.07, 6.45) is 2.59. The average molecular weight is 383 g/mol. The van der Waals surface area contributed by atoms with Gasteiger partial charge in [0.05, 0.1) is 7.11 Å². The molecule has 4 heteroatoms. The Morgan fingerprint density at radius 2 is 1.61 bits per heavy atom. The lowest BCUT2D eigenvalue weighted by Crippen LogP contribution is -2.18.